The van der Waals surface area contributed by atoms with Crippen molar-refractivity contribution in [2.45, 2.75) is 6.61 Å². The number of carboxylic acid groups (broad SMARTS) is 1. The first-order chi connectivity index (χ1) is 9.72. The van der Waals surface area contributed by atoms with Crippen LogP contribution in [-0.2, 0) is 6.61 Å². The summed E-state index contributed by atoms with van der Waals surface area (Å²) in [5.41, 5.74) is 1.19. The van der Waals surface area contributed by atoms with Crippen molar-refractivity contribution in [1.82, 2.24) is 0 Å². The minimum absolute atomic E-state index is 0.237. The van der Waals surface area contributed by atoms with Crippen LogP contribution in [0.1, 0.15) is 15.9 Å². The molecule has 2 aromatic rings. The van der Waals surface area contributed by atoms with Gasteiger partial charge in [-0.3, -0.25) is 0 Å². The van der Waals surface area contributed by atoms with Crippen molar-refractivity contribution >= 4 is 5.97 Å². The minimum atomic E-state index is -0.952. The predicted octanol–water partition coefficient (Wildman–Crippen LogP) is 2.69. The number of hydrogen-bond acceptors (Lipinski definition) is 4. The van der Waals surface area contributed by atoms with Crippen LogP contribution < -0.4 is 14.2 Å². The molecular weight excluding hydrogens is 260 g/mol. The first kappa shape index (κ1) is 12.3. The van der Waals surface area contributed by atoms with Crippen LogP contribution in [0.3, 0.4) is 0 Å². The SMILES string of the molecule is O=C(O)c1ccc(OCc2ccc3c(c2)OCO3)cc1. The van der Waals surface area contributed by atoms with Gasteiger partial charge in [-0.25, -0.2) is 4.79 Å². The Hall–Kier alpha value is -2.69. The molecule has 3 rings (SSSR count). The summed E-state index contributed by atoms with van der Waals surface area (Å²) in [5.74, 6) is 1.12. The van der Waals surface area contributed by atoms with Crippen LogP contribution in [-0.4, -0.2) is 17.9 Å². The van der Waals surface area contributed by atoms with Gasteiger partial charge >= 0.3 is 5.97 Å². The van der Waals surface area contributed by atoms with Gasteiger partial charge in [0, 0.05) is 0 Å². The molecule has 0 aromatic heterocycles. The van der Waals surface area contributed by atoms with Crippen LogP contribution in [0.5, 0.6) is 17.2 Å². The maximum atomic E-state index is 10.7. The molecule has 0 saturated carbocycles. The topological polar surface area (TPSA) is 65.0 Å². The second-order valence-corrected chi connectivity index (χ2v) is 4.31. The zero-order valence-electron chi connectivity index (χ0n) is 10.5. The molecule has 5 heteroatoms. The zero-order valence-corrected chi connectivity index (χ0v) is 10.5. The molecule has 1 heterocycles. The molecule has 102 valence electrons. The van der Waals surface area contributed by atoms with E-state index in [0.717, 1.165) is 11.3 Å². The number of hydrogen-bond donors (Lipinski definition) is 1. The summed E-state index contributed by atoms with van der Waals surface area (Å²) in [4.78, 5) is 10.7. The van der Waals surface area contributed by atoms with E-state index < -0.39 is 5.97 Å². The van der Waals surface area contributed by atoms with Crippen molar-refractivity contribution in [3.05, 3.63) is 53.6 Å². The highest BCUT2D eigenvalue weighted by molar-refractivity contribution is 5.87. The van der Waals surface area contributed by atoms with Crippen molar-refractivity contribution < 1.29 is 24.1 Å². The molecule has 0 bridgehead atoms. The smallest absolute Gasteiger partial charge is 0.335 e. The van der Waals surface area contributed by atoms with Crippen molar-refractivity contribution in [3.63, 3.8) is 0 Å². The number of benzene rings is 2. The molecule has 0 atom stereocenters. The maximum absolute atomic E-state index is 10.7. The van der Waals surface area contributed by atoms with Crippen molar-refractivity contribution in [2.24, 2.45) is 0 Å². The lowest BCUT2D eigenvalue weighted by atomic mass is 10.2. The van der Waals surface area contributed by atoms with Crippen molar-refractivity contribution in [3.8, 4) is 17.2 Å². The molecule has 2 aromatic carbocycles. The molecule has 0 aliphatic carbocycles. The Kier molecular flexibility index (Phi) is 3.16. The van der Waals surface area contributed by atoms with Crippen LogP contribution in [0.25, 0.3) is 0 Å². The van der Waals surface area contributed by atoms with E-state index in [9.17, 15) is 4.79 Å². The highest BCUT2D eigenvalue weighted by atomic mass is 16.7. The number of rotatable bonds is 4. The molecule has 1 aliphatic heterocycles. The van der Waals surface area contributed by atoms with Crippen LogP contribution in [0, 0.1) is 0 Å². The Balaban J connectivity index is 1.65. The van der Waals surface area contributed by atoms with Gasteiger partial charge in [0.15, 0.2) is 11.5 Å². The summed E-state index contributed by atoms with van der Waals surface area (Å²) in [6, 6.07) is 11.9. The Morgan fingerprint density at radius 3 is 2.60 bits per heavy atom. The number of aromatic carboxylic acids is 1. The molecule has 0 unspecified atom stereocenters. The number of fused-ring (bicyclic) bond motifs is 1. The van der Waals surface area contributed by atoms with Crippen LogP contribution in [0.15, 0.2) is 42.5 Å². The monoisotopic (exact) mass is 272 g/mol. The van der Waals surface area contributed by atoms with Crippen molar-refractivity contribution in [2.75, 3.05) is 6.79 Å². The van der Waals surface area contributed by atoms with Crippen LogP contribution in [0.4, 0.5) is 0 Å². The molecule has 0 spiro atoms. The Bertz CT molecular complexity index is 633. The lowest BCUT2D eigenvalue weighted by Crippen LogP contribution is -1.98. The number of ether oxygens (including phenoxy) is 3. The molecule has 1 N–H and O–H groups in total. The van der Waals surface area contributed by atoms with Crippen LogP contribution in [0.2, 0.25) is 0 Å². The predicted molar refractivity (Wildman–Crippen MR) is 70.3 cm³/mol. The number of carboxylic acids is 1. The summed E-state index contributed by atoms with van der Waals surface area (Å²) in [6.07, 6.45) is 0. The lowest BCUT2D eigenvalue weighted by Gasteiger charge is -2.07. The average Bonchev–Trinajstić information content (AvgIpc) is 2.93. The second-order valence-electron chi connectivity index (χ2n) is 4.31. The largest absolute Gasteiger partial charge is 0.489 e. The third kappa shape index (κ3) is 2.51. The van der Waals surface area contributed by atoms with Gasteiger partial charge in [-0.15, -0.1) is 0 Å². The van der Waals surface area contributed by atoms with E-state index in [4.69, 9.17) is 19.3 Å². The summed E-state index contributed by atoms with van der Waals surface area (Å²) < 4.78 is 16.1. The molecule has 0 fully saturated rings. The first-order valence-corrected chi connectivity index (χ1v) is 6.07. The quantitative estimate of drug-likeness (QED) is 0.927. The van der Waals surface area contributed by atoms with E-state index in [1.54, 1.807) is 12.1 Å². The standard InChI is InChI=1S/C15H12O5/c16-15(17)11-2-4-12(5-3-11)18-8-10-1-6-13-14(7-10)20-9-19-13/h1-7H,8-9H2,(H,16,17). The fraction of sp³-hybridized carbons (Fsp3) is 0.133. The van der Waals surface area contributed by atoms with E-state index in [2.05, 4.69) is 0 Å². The number of carbonyl (C=O) groups is 1. The summed E-state index contributed by atoms with van der Waals surface area (Å²) >= 11 is 0. The Labute approximate surface area is 115 Å². The average molecular weight is 272 g/mol. The maximum Gasteiger partial charge on any atom is 0.335 e. The second kappa shape index (κ2) is 5.13. The van der Waals surface area contributed by atoms with Crippen LogP contribution >= 0.6 is 0 Å². The lowest BCUT2D eigenvalue weighted by molar-refractivity contribution is 0.0697. The van der Waals surface area contributed by atoms with E-state index >= 15 is 0 Å². The van der Waals surface area contributed by atoms with Gasteiger partial charge in [0.2, 0.25) is 6.79 Å². The normalized spacial score (nSPS) is 12.2. The Morgan fingerprint density at radius 2 is 1.85 bits per heavy atom. The van der Waals surface area contributed by atoms with Gasteiger partial charge < -0.3 is 19.3 Å². The van der Waals surface area contributed by atoms with Gasteiger partial charge in [0.05, 0.1) is 5.56 Å². The highest BCUT2D eigenvalue weighted by Gasteiger charge is 2.13. The fourth-order valence-corrected chi connectivity index (χ4v) is 1.89. The molecule has 5 nitrogen and oxygen atoms in total. The molecule has 0 radical (unpaired) electrons. The highest BCUT2D eigenvalue weighted by Crippen LogP contribution is 2.32. The first-order valence-electron chi connectivity index (χ1n) is 6.07. The molecular formula is C15H12O5. The summed E-state index contributed by atoms with van der Waals surface area (Å²) in [6.45, 7) is 0.624. The van der Waals surface area contributed by atoms with E-state index in [1.165, 1.54) is 12.1 Å². The van der Waals surface area contributed by atoms with Gasteiger partial charge in [-0.1, -0.05) is 6.07 Å². The van der Waals surface area contributed by atoms with Gasteiger partial charge in [0.1, 0.15) is 12.4 Å². The third-order valence-corrected chi connectivity index (χ3v) is 2.94. The summed E-state index contributed by atoms with van der Waals surface area (Å²) in [5, 5.41) is 8.81. The zero-order chi connectivity index (χ0) is 13.9. The van der Waals surface area contributed by atoms with Gasteiger partial charge in [-0.2, -0.15) is 0 Å². The van der Waals surface area contributed by atoms with E-state index in [1.807, 2.05) is 18.2 Å². The van der Waals surface area contributed by atoms with E-state index in [0.29, 0.717) is 18.1 Å². The molecule has 0 amide bonds. The summed E-state index contributed by atoms with van der Waals surface area (Å²) in [7, 11) is 0. The molecule has 1 aliphatic rings. The molecule has 20 heavy (non-hydrogen) atoms. The minimum Gasteiger partial charge on any atom is -0.489 e. The third-order valence-electron chi connectivity index (χ3n) is 2.94. The van der Waals surface area contributed by atoms with Crippen molar-refractivity contribution in [1.29, 1.82) is 0 Å². The Morgan fingerprint density at radius 1 is 1.10 bits per heavy atom. The molecule has 0 saturated heterocycles. The van der Waals surface area contributed by atoms with Gasteiger partial charge in [-0.05, 0) is 42.0 Å². The van der Waals surface area contributed by atoms with Gasteiger partial charge in [0.25, 0.3) is 0 Å². The van der Waals surface area contributed by atoms with E-state index in [-0.39, 0.29) is 12.4 Å². The fourth-order valence-electron chi connectivity index (χ4n) is 1.89.